The first kappa shape index (κ1) is 56.5. The van der Waals surface area contributed by atoms with E-state index in [0.717, 1.165) is 24.3 Å². The van der Waals surface area contributed by atoms with Gasteiger partial charge in [0.1, 0.15) is 52.7 Å². The Morgan fingerprint density at radius 1 is 0.708 bits per heavy atom. The Hall–Kier alpha value is -6.37. The fourth-order valence-electron chi connectivity index (χ4n) is 6.71. The van der Waals surface area contributed by atoms with Gasteiger partial charge in [-0.3, -0.25) is 9.13 Å². The molecule has 5 aromatic rings. The van der Waals surface area contributed by atoms with E-state index in [-0.39, 0.29) is 22.8 Å². The summed E-state index contributed by atoms with van der Waals surface area (Å²) in [6.07, 6.45) is -7.68. The summed E-state index contributed by atoms with van der Waals surface area (Å²) < 4.78 is 86.5. The van der Waals surface area contributed by atoms with Crippen LogP contribution in [-0.4, -0.2) is 125 Å². The van der Waals surface area contributed by atoms with Crippen molar-refractivity contribution >= 4 is 54.2 Å². The van der Waals surface area contributed by atoms with Crippen LogP contribution in [-0.2, 0) is 18.9 Å². The Morgan fingerprint density at radius 2 is 1.21 bits per heavy atom. The Morgan fingerprint density at radius 3 is 1.71 bits per heavy atom. The largest absolute Gasteiger partial charge is 0.518 e. The molecular formula is C45H59F4N9O11Si3. The molecule has 2 fully saturated rings. The summed E-state index contributed by atoms with van der Waals surface area (Å²) in [5, 5.41) is 18.1. The maximum atomic E-state index is 15.7. The number of nitrogens with one attached hydrogen (secondary N) is 2. The SMILES string of the molecule is C[Si](C)(C)Nc1ccn(C2O[C@H](COC(=O)c3ccccc3)C(OC(=O)c3ccccc3)C2(F)F)c(=O)n1.C[Si](C)(C)Nc1ccnc(O[Si](C)(C)C)n1.Nc1ccn(C2O[C@H](CO)C(O)C2(F)F)c(=O)n1. The van der Waals surface area contributed by atoms with Gasteiger partial charge in [0.15, 0.2) is 12.2 Å². The smallest absolute Gasteiger partial charge is 0.351 e. The monoisotopic (exact) mass is 1060 g/mol. The number of carbonyl (C=O) groups excluding carboxylic acids is 2. The normalized spacial score (nSPS) is 21.2. The highest BCUT2D eigenvalue weighted by Gasteiger charge is 2.63. The number of ether oxygens (including phenoxy) is 4. The van der Waals surface area contributed by atoms with Crippen LogP contribution in [0.5, 0.6) is 6.01 Å². The second kappa shape index (κ2) is 23.0. The van der Waals surface area contributed by atoms with E-state index in [1.54, 1.807) is 42.6 Å². The van der Waals surface area contributed by atoms with E-state index in [0.29, 0.717) is 15.1 Å². The minimum Gasteiger partial charge on any atom is -0.518 e. The third-order valence-electron chi connectivity index (χ3n) is 9.76. The number of nitrogen functional groups attached to an aromatic ring is 1. The van der Waals surface area contributed by atoms with E-state index in [1.165, 1.54) is 30.3 Å². The van der Waals surface area contributed by atoms with Crippen molar-refractivity contribution in [3.63, 3.8) is 0 Å². The first-order valence-electron chi connectivity index (χ1n) is 22.3. The molecule has 6 atom stereocenters. The highest BCUT2D eigenvalue weighted by molar-refractivity contribution is 6.79. The third kappa shape index (κ3) is 15.3. The van der Waals surface area contributed by atoms with Crippen LogP contribution >= 0.6 is 0 Å². The molecule has 2 aliphatic heterocycles. The molecule has 5 heterocycles. The fraction of sp³-hybridized carbons (Fsp3) is 0.422. The maximum Gasteiger partial charge on any atom is 0.351 e. The van der Waals surface area contributed by atoms with Crippen molar-refractivity contribution in [1.29, 1.82) is 0 Å². The first-order valence-corrected chi connectivity index (χ1v) is 32.8. The molecule has 0 radical (unpaired) electrons. The lowest BCUT2D eigenvalue weighted by molar-refractivity contribution is -0.142. The summed E-state index contributed by atoms with van der Waals surface area (Å²) in [5.74, 6) is -8.36. The predicted octanol–water partition coefficient (Wildman–Crippen LogP) is 5.75. The number of carbonyl (C=O) groups is 2. The molecule has 2 saturated heterocycles. The molecule has 72 heavy (non-hydrogen) atoms. The summed E-state index contributed by atoms with van der Waals surface area (Å²) in [5.41, 5.74) is 3.49. The van der Waals surface area contributed by atoms with Crippen LogP contribution in [0.25, 0.3) is 0 Å². The molecule has 27 heteroatoms. The molecule has 0 saturated carbocycles. The predicted molar refractivity (Wildman–Crippen MR) is 265 cm³/mol. The number of anilines is 3. The lowest BCUT2D eigenvalue weighted by Crippen LogP contribution is -2.45. The van der Waals surface area contributed by atoms with Crippen molar-refractivity contribution in [2.24, 2.45) is 0 Å². The second-order valence-corrected chi connectivity index (χ2v) is 33.3. The molecular weight excluding hydrogens is 1000 g/mol. The number of hydrogen-bond donors (Lipinski definition) is 5. The molecule has 6 N–H and O–H groups in total. The Kier molecular flexibility index (Phi) is 18.1. The molecule has 2 aromatic carbocycles. The number of rotatable bonds is 14. The van der Waals surface area contributed by atoms with Gasteiger partial charge in [-0.2, -0.15) is 32.5 Å². The molecule has 0 aliphatic carbocycles. The van der Waals surface area contributed by atoms with Crippen molar-refractivity contribution in [2.75, 3.05) is 28.9 Å². The van der Waals surface area contributed by atoms with Crippen LogP contribution in [0.1, 0.15) is 33.2 Å². The Labute approximate surface area is 414 Å². The molecule has 4 unspecified atom stereocenters. The quantitative estimate of drug-likeness (QED) is 0.0503. The summed E-state index contributed by atoms with van der Waals surface area (Å²) in [6.45, 7) is 17.6. The van der Waals surface area contributed by atoms with E-state index in [4.69, 9.17) is 34.2 Å². The standard InChI is InChI=1S/C26H27F2N3O6Si.C10H21N3OSi2.C9H11F2N3O4/c1-38(2,3)30-20-14-15-31(25(34)29-20)24-26(27,28)21(37-23(33)18-12-8-5-9-13-18)19(36-24)16-35-22(32)17-10-6-4-7-11-17;1-15(2,3)13-9-7-8-11-10(12-9)14-16(4,5)6;10-9(11)6(16)4(3-15)18-7(9)14-2-1-5(12)13-8(14)17/h4-15,19,21,24H,16H2,1-3H3,(H,29,30,34);7-8H,1-6H3,(H,11,12,13);1-2,4,6-7,15-16H,3H2,(H2,12,13,17)/t19-,21?,24?;;4-,6?,7?/m1.1/s1. The van der Waals surface area contributed by atoms with E-state index in [1.807, 2.05) is 25.7 Å². The highest BCUT2D eigenvalue weighted by atomic mass is 28.4. The number of nitrogens with zero attached hydrogens (tertiary/aromatic N) is 6. The second-order valence-electron chi connectivity index (χ2n) is 19.4. The average molecular weight is 1060 g/mol. The minimum atomic E-state index is -3.87. The lowest BCUT2D eigenvalue weighted by Gasteiger charge is -2.24. The molecule has 0 bridgehead atoms. The number of benzene rings is 2. The summed E-state index contributed by atoms with van der Waals surface area (Å²) in [6, 6.07) is 20.5. The third-order valence-corrected chi connectivity index (χ3v) is 12.6. The van der Waals surface area contributed by atoms with Gasteiger partial charge in [-0.25, -0.2) is 24.2 Å². The number of alkyl halides is 4. The summed E-state index contributed by atoms with van der Waals surface area (Å²) in [7, 11) is -4.85. The van der Waals surface area contributed by atoms with Gasteiger partial charge in [-0.05, 0) is 62.1 Å². The summed E-state index contributed by atoms with van der Waals surface area (Å²) >= 11 is 0. The first-order chi connectivity index (χ1) is 33.5. The van der Waals surface area contributed by atoms with Crippen LogP contribution in [0.4, 0.5) is 35.0 Å². The van der Waals surface area contributed by atoms with E-state index in [9.17, 15) is 33.1 Å². The average Bonchev–Trinajstić information content (AvgIpc) is 3.66. The molecule has 390 valence electrons. The van der Waals surface area contributed by atoms with Gasteiger partial charge in [0.25, 0.3) is 0 Å². The number of hydrogen-bond acceptors (Lipinski definition) is 18. The molecule has 20 nitrogen and oxygen atoms in total. The number of nitrogens with two attached hydrogens (primary N) is 1. The Bertz CT molecular complexity index is 2720. The van der Waals surface area contributed by atoms with Gasteiger partial charge >= 0.3 is 41.2 Å². The zero-order valence-electron chi connectivity index (χ0n) is 41.0. The van der Waals surface area contributed by atoms with E-state index < -0.39 is 110 Å². The zero-order valence-corrected chi connectivity index (χ0v) is 44.0. The zero-order chi connectivity index (χ0) is 53.4. The van der Waals surface area contributed by atoms with Crippen molar-refractivity contribution in [2.45, 2.75) is 108 Å². The van der Waals surface area contributed by atoms with Gasteiger partial charge in [0.2, 0.25) is 20.8 Å². The van der Waals surface area contributed by atoms with Gasteiger partial charge in [0.05, 0.1) is 17.7 Å². The fourth-order valence-corrected chi connectivity index (χ4v) is 9.17. The molecule has 3 aromatic heterocycles. The molecule has 0 spiro atoms. The van der Waals surface area contributed by atoms with E-state index in [2.05, 4.69) is 69.2 Å². The van der Waals surface area contributed by atoms with Gasteiger partial charge in [0, 0.05) is 18.6 Å². The molecule has 7 rings (SSSR count). The van der Waals surface area contributed by atoms with Crippen molar-refractivity contribution < 1.29 is 60.7 Å². The number of aliphatic hydroxyl groups is 2. The van der Waals surface area contributed by atoms with Gasteiger partial charge in [-0.15, -0.1) is 0 Å². The van der Waals surface area contributed by atoms with Crippen molar-refractivity contribution in [3.8, 4) is 6.01 Å². The Balaban J connectivity index is 0.000000234. The van der Waals surface area contributed by atoms with Crippen LogP contribution in [0, 0.1) is 0 Å². The summed E-state index contributed by atoms with van der Waals surface area (Å²) in [4.78, 5) is 71.5. The van der Waals surface area contributed by atoms with Crippen LogP contribution < -0.4 is 31.5 Å². The number of halogens is 4. The van der Waals surface area contributed by atoms with Gasteiger partial charge < -0.3 is 49.3 Å². The van der Waals surface area contributed by atoms with Crippen LogP contribution in [0.15, 0.2) is 107 Å². The van der Waals surface area contributed by atoms with Crippen LogP contribution in [0.2, 0.25) is 58.9 Å². The number of esters is 2. The van der Waals surface area contributed by atoms with E-state index >= 15 is 8.78 Å². The number of aromatic nitrogens is 6. The minimum absolute atomic E-state index is 0.0485. The highest BCUT2D eigenvalue weighted by Crippen LogP contribution is 2.45. The number of aliphatic hydroxyl groups excluding tert-OH is 2. The lowest BCUT2D eigenvalue weighted by atomic mass is 10.1. The van der Waals surface area contributed by atoms with Crippen LogP contribution in [0.3, 0.4) is 0 Å². The topological polar surface area (TPSA) is 266 Å². The molecule has 0 amide bonds. The van der Waals surface area contributed by atoms with Gasteiger partial charge in [-0.1, -0.05) is 75.7 Å². The molecule has 2 aliphatic rings. The van der Waals surface area contributed by atoms with Crippen molar-refractivity contribution in [3.05, 3.63) is 130 Å². The maximum absolute atomic E-state index is 15.7. The van der Waals surface area contributed by atoms with Crippen molar-refractivity contribution in [1.82, 2.24) is 29.1 Å².